The SMILES string of the molecule is N[C@@H](Cc1ccc(C(=O)NCl)cc1)CN1C(=O)c2ccccc2C1=O. The van der Waals surface area contributed by atoms with Gasteiger partial charge in [-0.1, -0.05) is 24.3 Å². The van der Waals surface area contributed by atoms with Crippen molar-refractivity contribution in [1.29, 1.82) is 0 Å². The van der Waals surface area contributed by atoms with E-state index in [0.29, 0.717) is 23.1 Å². The minimum atomic E-state index is -0.407. The monoisotopic (exact) mass is 357 g/mol. The highest BCUT2D eigenvalue weighted by Gasteiger charge is 2.35. The highest BCUT2D eigenvalue weighted by atomic mass is 35.5. The lowest BCUT2D eigenvalue weighted by Gasteiger charge is -2.19. The predicted molar refractivity (Wildman–Crippen MR) is 93.2 cm³/mol. The Kier molecular flexibility index (Phi) is 4.83. The molecule has 2 aromatic carbocycles. The molecule has 0 unspecified atom stereocenters. The molecule has 0 aromatic heterocycles. The molecular weight excluding hydrogens is 342 g/mol. The van der Waals surface area contributed by atoms with Crippen LogP contribution >= 0.6 is 11.8 Å². The summed E-state index contributed by atoms with van der Waals surface area (Å²) in [6.07, 6.45) is 0.468. The van der Waals surface area contributed by atoms with E-state index in [2.05, 4.69) is 0 Å². The normalized spacial score (nSPS) is 14.4. The third kappa shape index (κ3) is 3.40. The predicted octanol–water partition coefficient (Wildman–Crippen LogP) is 1.74. The highest BCUT2D eigenvalue weighted by Crippen LogP contribution is 2.22. The van der Waals surface area contributed by atoms with Crippen LogP contribution in [0.2, 0.25) is 0 Å². The molecule has 3 amide bonds. The van der Waals surface area contributed by atoms with Crippen LogP contribution in [0, 0.1) is 0 Å². The lowest BCUT2D eigenvalue weighted by molar-refractivity contribution is 0.0644. The van der Waals surface area contributed by atoms with Crippen LogP contribution in [0.4, 0.5) is 0 Å². The zero-order chi connectivity index (χ0) is 18.0. The van der Waals surface area contributed by atoms with E-state index < -0.39 is 6.04 Å². The molecule has 128 valence electrons. The van der Waals surface area contributed by atoms with Crippen LogP contribution in [0.1, 0.15) is 36.6 Å². The fraction of sp³-hybridized carbons (Fsp3) is 0.167. The molecule has 1 heterocycles. The number of benzene rings is 2. The standard InChI is InChI=1S/C18H16ClN3O3/c19-21-16(23)12-7-5-11(6-8-12)9-13(20)10-22-17(24)14-3-1-2-4-15(14)18(22)25/h1-8,13H,9-10,20H2,(H,21,23)/t13-/m0/s1. The maximum absolute atomic E-state index is 12.3. The van der Waals surface area contributed by atoms with E-state index in [1.807, 2.05) is 4.84 Å². The zero-order valence-electron chi connectivity index (χ0n) is 13.2. The van der Waals surface area contributed by atoms with Crippen molar-refractivity contribution in [2.45, 2.75) is 12.5 Å². The fourth-order valence-electron chi connectivity index (χ4n) is 2.85. The number of amides is 3. The number of imide groups is 1. The lowest BCUT2D eigenvalue weighted by atomic mass is 10.0. The molecule has 0 saturated carbocycles. The van der Waals surface area contributed by atoms with Crippen molar-refractivity contribution >= 4 is 29.5 Å². The van der Waals surface area contributed by atoms with Gasteiger partial charge in [-0.25, -0.2) is 0 Å². The number of nitrogens with one attached hydrogen (secondary N) is 1. The first kappa shape index (κ1) is 17.1. The second-order valence-electron chi connectivity index (χ2n) is 5.85. The Balaban J connectivity index is 1.65. The van der Waals surface area contributed by atoms with Gasteiger partial charge in [0.25, 0.3) is 17.7 Å². The Morgan fingerprint density at radius 2 is 1.60 bits per heavy atom. The Hall–Kier alpha value is -2.70. The summed E-state index contributed by atoms with van der Waals surface area (Å²) in [6.45, 7) is 0.135. The smallest absolute Gasteiger partial charge is 0.265 e. The third-order valence-electron chi connectivity index (χ3n) is 4.10. The molecule has 0 bridgehead atoms. The average molecular weight is 358 g/mol. The van der Waals surface area contributed by atoms with Gasteiger partial charge in [0.1, 0.15) is 0 Å². The van der Waals surface area contributed by atoms with Crippen LogP contribution in [0.25, 0.3) is 0 Å². The van der Waals surface area contributed by atoms with Crippen molar-refractivity contribution in [2.75, 3.05) is 6.54 Å². The number of fused-ring (bicyclic) bond motifs is 1. The van der Waals surface area contributed by atoms with E-state index in [0.717, 1.165) is 5.56 Å². The van der Waals surface area contributed by atoms with Gasteiger partial charge in [0.05, 0.1) is 11.1 Å². The number of hydrogen-bond acceptors (Lipinski definition) is 4. The van der Waals surface area contributed by atoms with E-state index in [-0.39, 0.29) is 24.3 Å². The summed E-state index contributed by atoms with van der Waals surface area (Å²) in [6, 6.07) is 13.1. The second kappa shape index (κ2) is 7.04. The van der Waals surface area contributed by atoms with Crippen molar-refractivity contribution < 1.29 is 14.4 Å². The first-order valence-corrected chi connectivity index (χ1v) is 8.09. The van der Waals surface area contributed by atoms with E-state index in [9.17, 15) is 14.4 Å². The summed E-state index contributed by atoms with van der Waals surface area (Å²) in [5, 5.41) is 0. The van der Waals surface area contributed by atoms with Crippen molar-refractivity contribution in [3.05, 3.63) is 70.8 Å². The summed E-state index contributed by atoms with van der Waals surface area (Å²) in [5.41, 5.74) is 8.28. The molecular formula is C18H16ClN3O3. The molecule has 0 fully saturated rings. The van der Waals surface area contributed by atoms with Crippen molar-refractivity contribution in [2.24, 2.45) is 5.73 Å². The fourth-order valence-corrected chi connectivity index (χ4v) is 2.96. The molecule has 25 heavy (non-hydrogen) atoms. The van der Waals surface area contributed by atoms with Gasteiger partial charge in [0.15, 0.2) is 0 Å². The van der Waals surface area contributed by atoms with Gasteiger partial charge >= 0.3 is 0 Å². The van der Waals surface area contributed by atoms with Crippen LogP contribution in [-0.4, -0.2) is 35.2 Å². The Bertz CT molecular complexity index is 801. The van der Waals surface area contributed by atoms with E-state index in [4.69, 9.17) is 17.5 Å². The van der Waals surface area contributed by atoms with Crippen LogP contribution in [-0.2, 0) is 6.42 Å². The van der Waals surface area contributed by atoms with E-state index >= 15 is 0 Å². The molecule has 7 heteroatoms. The molecule has 3 N–H and O–H groups in total. The number of nitrogens with zero attached hydrogens (tertiary/aromatic N) is 1. The molecule has 3 rings (SSSR count). The first-order chi connectivity index (χ1) is 12.0. The summed E-state index contributed by atoms with van der Waals surface area (Å²) >= 11 is 5.28. The number of rotatable bonds is 5. The molecule has 0 saturated heterocycles. The molecule has 0 radical (unpaired) electrons. The summed E-state index contributed by atoms with van der Waals surface area (Å²) in [7, 11) is 0. The van der Waals surface area contributed by atoms with Gasteiger partial charge in [-0.05, 0) is 36.2 Å². The number of hydrogen-bond donors (Lipinski definition) is 2. The zero-order valence-corrected chi connectivity index (χ0v) is 14.0. The molecule has 1 aliphatic heterocycles. The molecule has 1 aliphatic rings. The van der Waals surface area contributed by atoms with E-state index in [1.54, 1.807) is 48.5 Å². The minimum Gasteiger partial charge on any atom is -0.326 e. The maximum Gasteiger partial charge on any atom is 0.265 e. The lowest BCUT2D eigenvalue weighted by Crippen LogP contribution is -2.41. The van der Waals surface area contributed by atoms with Gasteiger partial charge < -0.3 is 5.73 Å². The largest absolute Gasteiger partial charge is 0.326 e. The molecule has 0 spiro atoms. The van der Waals surface area contributed by atoms with Crippen LogP contribution in [0.5, 0.6) is 0 Å². The van der Waals surface area contributed by atoms with Crippen molar-refractivity contribution in [1.82, 2.24) is 9.74 Å². The van der Waals surface area contributed by atoms with Gasteiger partial charge in [0, 0.05) is 29.9 Å². The highest BCUT2D eigenvalue weighted by molar-refractivity contribution is 6.24. The Morgan fingerprint density at radius 1 is 1.04 bits per heavy atom. The number of nitrogens with two attached hydrogens (primary N) is 1. The third-order valence-corrected chi connectivity index (χ3v) is 4.27. The molecule has 1 atom stereocenters. The first-order valence-electron chi connectivity index (χ1n) is 7.72. The second-order valence-corrected chi connectivity index (χ2v) is 6.04. The summed E-state index contributed by atoms with van der Waals surface area (Å²) < 4.78 is 0. The van der Waals surface area contributed by atoms with Crippen LogP contribution in [0.3, 0.4) is 0 Å². The maximum atomic E-state index is 12.3. The van der Waals surface area contributed by atoms with Crippen molar-refractivity contribution in [3.63, 3.8) is 0 Å². The summed E-state index contributed by atoms with van der Waals surface area (Å²) in [4.78, 5) is 39.3. The minimum absolute atomic E-state index is 0.135. The van der Waals surface area contributed by atoms with Gasteiger partial charge in [0.2, 0.25) is 0 Å². The number of carbonyl (C=O) groups excluding carboxylic acids is 3. The Labute approximate surface area is 149 Å². The summed E-state index contributed by atoms with van der Waals surface area (Å²) in [5.74, 6) is -1.01. The van der Waals surface area contributed by atoms with E-state index in [1.165, 1.54) is 4.90 Å². The number of carbonyl (C=O) groups is 3. The topological polar surface area (TPSA) is 92.5 Å². The molecule has 0 aliphatic carbocycles. The van der Waals surface area contributed by atoms with Gasteiger partial charge in [-0.3, -0.25) is 24.1 Å². The Morgan fingerprint density at radius 3 is 2.12 bits per heavy atom. The van der Waals surface area contributed by atoms with Gasteiger partial charge in [-0.15, -0.1) is 0 Å². The molecule has 6 nitrogen and oxygen atoms in total. The van der Waals surface area contributed by atoms with Crippen molar-refractivity contribution in [3.8, 4) is 0 Å². The molecule has 2 aromatic rings. The quantitative estimate of drug-likeness (QED) is 0.629. The average Bonchev–Trinajstić information content (AvgIpc) is 2.87. The van der Waals surface area contributed by atoms with Crippen LogP contribution in [0.15, 0.2) is 48.5 Å². The van der Waals surface area contributed by atoms with Crippen LogP contribution < -0.4 is 10.6 Å². The number of halogens is 1. The van der Waals surface area contributed by atoms with Gasteiger partial charge in [-0.2, -0.15) is 0 Å².